The molecule has 0 aliphatic rings. The molecule has 0 aromatic rings. The lowest BCUT2D eigenvalue weighted by Gasteiger charge is -2.32. The highest BCUT2D eigenvalue weighted by molar-refractivity contribution is 6.21. The van der Waals surface area contributed by atoms with Crippen molar-refractivity contribution >= 4 is 23.2 Å². The van der Waals surface area contributed by atoms with Crippen LogP contribution in [-0.4, -0.2) is 61.8 Å². The predicted molar refractivity (Wildman–Crippen MR) is 70.2 cm³/mol. The summed E-state index contributed by atoms with van der Waals surface area (Å²) < 4.78 is 0. The van der Waals surface area contributed by atoms with Crippen molar-refractivity contribution in [2.45, 2.75) is 24.8 Å². The van der Waals surface area contributed by atoms with Crippen molar-refractivity contribution in [1.82, 2.24) is 9.80 Å². The van der Waals surface area contributed by atoms with Crippen LogP contribution in [0.4, 0.5) is 0 Å². The highest BCUT2D eigenvalue weighted by atomic mass is 35.5. The first-order valence-electron chi connectivity index (χ1n) is 5.41. The van der Waals surface area contributed by atoms with E-state index in [4.69, 9.17) is 23.2 Å². The molecule has 0 N–H and O–H groups in total. The SMILES string of the molecule is CC(CN(C)C)C(Cl)C(CCCl)N(C)C. The van der Waals surface area contributed by atoms with Crippen LogP contribution in [0.2, 0.25) is 0 Å². The number of nitrogens with zero attached hydrogens (tertiary/aromatic N) is 2. The lowest BCUT2D eigenvalue weighted by molar-refractivity contribution is 0.227. The monoisotopic (exact) mass is 254 g/mol. The van der Waals surface area contributed by atoms with Crippen LogP contribution in [0.3, 0.4) is 0 Å². The number of hydrogen-bond donors (Lipinski definition) is 0. The molecule has 15 heavy (non-hydrogen) atoms. The van der Waals surface area contributed by atoms with E-state index in [2.05, 4.69) is 44.9 Å². The molecule has 0 radical (unpaired) electrons. The van der Waals surface area contributed by atoms with Gasteiger partial charge >= 0.3 is 0 Å². The molecule has 0 amide bonds. The molecule has 3 unspecified atom stereocenters. The molecule has 0 aromatic heterocycles. The summed E-state index contributed by atoms with van der Waals surface area (Å²) >= 11 is 12.3. The molecule has 0 rings (SSSR count). The van der Waals surface area contributed by atoms with Gasteiger partial charge in [-0.3, -0.25) is 0 Å². The minimum Gasteiger partial charge on any atom is -0.309 e. The zero-order chi connectivity index (χ0) is 12.0. The smallest absolute Gasteiger partial charge is 0.0529 e. The summed E-state index contributed by atoms with van der Waals surface area (Å²) in [5.41, 5.74) is 0. The summed E-state index contributed by atoms with van der Waals surface area (Å²) in [5, 5.41) is 0.154. The van der Waals surface area contributed by atoms with E-state index >= 15 is 0 Å². The van der Waals surface area contributed by atoms with Gasteiger partial charge in [0, 0.05) is 18.5 Å². The fourth-order valence-electron chi connectivity index (χ4n) is 1.87. The molecule has 0 heterocycles. The molecule has 0 aliphatic heterocycles. The zero-order valence-electron chi connectivity index (χ0n) is 10.5. The lowest BCUT2D eigenvalue weighted by Crippen LogP contribution is -2.42. The molecule has 0 saturated heterocycles. The van der Waals surface area contributed by atoms with Gasteiger partial charge in [0.15, 0.2) is 0 Å². The Kier molecular flexibility index (Phi) is 7.98. The molecule has 0 spiro atoms. The van der Waals surface area contributed by atoms with Crippen LogP contribution in [0, 0.1) is 5.92 Å². The number of rotatable bonds is 7. The maximum atomic E-state index is 6.49. The van der Waals surface area contributed by atoms with Gasteiger partial charge in [0.2, 0.25) is 0 Å². The Morgan fingerprint density at radius 1 is 1.13 bits per heavy atom. The third kappa shape index (κ3) is 5.96. The van der Waals surface area contributed by atoms with Gasteiger partial charge in [-0.2, -0.15) is 0 Å². The lowest BCUT2D eigenvalue weighted by atomic mass is 9.98. The van der Waals surface area contributed by atoms with Crippen LogP contribution in [-0.2, 0) is 0 Å². The van der Waals surface area contributed by atoms with E-state index in [1.54, 1.807) is 0 Å². The average Bonchev–Trinajstić information content (AvgIpc) is 2.11. The third-order valence-corrected chi connectivity index (χ3v) is 3.57. The van der Waals surface area contributed by atoms with Crippen molar-refractivity contribution in [3.8, 4) is 0 Å². The molecule has 2 nitrogen and oxygen atoms in total. The summed E-state index contributed by atoms with van der Waals surface area (Å²) in [5.74, 6) is 1.14. The molecular weight excluding hydrogens is 231 g/mol. The van der Waals surface area contributed by atoms with Crippen molar-refractivity contribution in [1.29, 1.82) is 0 Å². The van der Waals surface area contributed by atoms with Gasteiger partial charge in [0.1, 0.15) is 0 Å². The molecule has 4 heteroatoms. The molecule has 0 aromatic carbocycles. The van der Waals surface area contributed by atoms with Gasteiger partial charge in [-0.25, -0.2) is 0 Å². The molecule has 0 aliphatic carbocycles. The van der Waals surface area contributed by atoms with Crippen LogP contribution < -0.4 is 0 Å². The van der Waals surface area contributed by atoms with Crippen molar-refractivity contribution in [2.24, 2.45) is 5.92 Å². The standard InChI is InChI=1S/C11H24Cl2N2/c1-9(8-14(2)3)11(13)10(6-7-12)15(4)5/h9-11H,6-8H2,1-5H3. The average molecular weight is 255 g/mol. The summed E-state index contributed by atoms with van der Waals surface area (Å²) in [7, 11) is 8.28. The molecule has 0 saturated carbocycles. The molecule has 92 valence electrons. The van der Waals surface area contributed by atoms with Gasteiger partial charge in [-0.1, -0.05) is 6.92 Å². The number of halogens is 2. The van der Waals surface area contributed by atoms with Crippen LogP contribution in [0.5, 0.6) is 0 Å². The van der Waals surface area contributed by atoms with Gasteiger partial charge in [0.05, 0.1) is 5.38 Å². The van der Waals surface area contributed by atoms with Gasteiger partial charge in [-0.15, -0.1) is 23.2 Å². The Balaban J connectivity index is 4.27. The topological polar surface area (TPSA) is 6.48 Å². The van der Waals surface area contributed by atoms with Crippen LogP contribution in [0.25, 0.3) is 0 Å². The fraction of sp³-hybridized carbons (Fsp3) is 1.00. The molecular formula is C11H24Cl2N2. The third-order valence-electron chi connectivity index (χ3n) is 2.63. The van der Waals surface area contributed by atoms with Gasteiger partial charge < -0.3 is 9.80 Å². The Morgan fingerprint density at radius 2 is 1.67 bits per heavy atom. The minimum absolute atomic E-state index is 0.154. The Labute approximate surface area is 105 Å². The van der Waals surface area contributed by atoms with E-state index in [1.807, 2.05) is 0 Å². The fourth-order valence-corrected chi connectivity index (χ4v) is 2.52. The van der Waals surface area contributed by atoms with Crippen molar-refractivity contribution in [3.63, 3.8) is 0 Å². The largest absolute Gasteiger partial charge is 0.309 e. The summed E-state index contributed by atoms with van der Waals surface area (Å²) in [6.45, 7) is 3.21. The molecule has 3 atom stereocenters. The summed E-state index contributed by atoms with van der Waals surface area (Å²) in [6, 6.07) is 0.360. The van der Waals surface area contributed by atoms with Crippen molar-refractivity contribution < 1.29 is 0 Å². The maximum Gasteiger partial charge on any atom is 0.0529 e. The van der Waals surface area contributed by atoms with E-state index < -0.39 is 0 Å². The van der Waals surface area contributed by atoms with Crippen LogP contribution >= 0.6 is 23.2 Å². The highest BCUT2D eigenvalue weighted by Crippen LogP contribution is 2.21. The quantitative estimate of drug-likeness (QED) is 0.644. The second-order valence-electron chi connectivity index (χ2n) is 4.69. The van der Waals surface area contributed by atoms with E-state index in [9.17, 15) is 0 Å². The molecule has 0 fully saturated rings. The van der Waals surface area contributed by atoms with Crippen LogP contribution in [0.15, 0.2) is 0 Å². The summed E-state index contributed by atoms with van der Waals surface area (Å²) in [6.07, 6.45) is 0.945. The first-order chi connectivity index (χ1) is 6.90. The van der Waals surface area contributed by atoms with Crippen molar-refractivity contribution in [3.05, 3.63) is 0 Å². The van der Waals surface area contributed by atoms with E-state index in [-0.39, 0.29) is 5.38 Å². The molecule has 0 bridgehead atoms. The Hall–Kier alpha value is 0.500. The van der Waals surface area contributed by atoms with E-state index in [0.29, 0.717) is 17.8 Å². The Bertz CT molecular complexity index is 163. The Morgan fingerprint density at radius 3 is 2.00 bits per heavy atom. The van der Waals surface area contributed by atoms with Crippen molar-refractivity contribution in [2.75, 3.05) is 40.6 Å². The van der Waals surface area contributed by atoms with E-state index in [0.717, 1.165) is 13.0 Å². The first kappa shape index (κ1) is 15.5. The number of alkyl halides is 2. The minimum atomic E-state index is 0.154. The predicted octanol–water partition coefficient (Wildman–Crippen LogP) is 2.35. The number of hydrogen-bond acceptors (Lipinski definition) is 2. The van der Waals surface area contributed by atoms with Gasteiger partial charge in [-0.05, 0) is 40.5 Å². The second kappa shape index (κ2) is 7.72. The van der Waals surface area contributed by atoms with Crippen LogP contribution in [0.1, 0.15) is 13.3 Å². The summed E-state index contributed by atoms with van der Waals surface area (Å²) in [4.78, 5) is 4.35. The zero-order valence-corrected chi connectivity index (χ0v) is 12.0. The maximum absolute atomic E-state index is 6.49. The first-order valence-corrected chi connectivity index (χ1v) is 6.38. The second-order valence-corrected chi connectivity index (χ2v) is 5.57. The van der Waals surface area contributed by atoms with Gasteiger partial charge in [0.25, 0.3) is 0 Å². The highest BCUT2D eigenvalue weighted by Gasteiger charge is 2.26. The van der Waals surface area contributed by atoms with E-state index in [1.165, 1.54) is 0 Å². The normalized spacial score (nSPS) is 18.2.